The number of rotatable bonds is 6. The van der Waals surface area contributed by atoms with Crippen molar-refractivity contribution in [3.05, 3.63) is 59.2 Å². The molecule has 1 amide bonds. The van der Waals surface area contributed by atoms with Gasteiger partial charge < -0.3 is 4.74 Å². The number of benzene rings is 2. The van der Waals surface area contributed by atoms with Gasteiger partial charge in [-0.2, -0.15) is 4.31 Å². The fraction of sp³-hybridized carbons (Fsp3) is 0.381. The lowest BCUT2D eigenvalue weighted by Gasteiger charge is -2.26. The zero-order chi connectivity index (χ0) is 22.8. The standard InChI is InChI=1S/C21H25N3O6S2/c25-21(18-6-3-7-20(15-18)32(28,29)24-10-12-30-13-11-24)22-23-31(26,27)19-9-8-16-4-1-2-5-17(16)14-19/h3,6-9,14-15,23H,1-2,4-5,10-13H2,(H,22,25). The van der Waals surface area contributed by atoms with Gasteiger partial charge in [0.05, 0.1) is 23.0 Å². The normalized spacial score (nSPS) is 17.5. The third kappa shape index (κ3) is 4.86. The predicted molar refractivity (Wildman–Crippen MR) is 117 cm³/mol. The number of nitrogens with zero attached hydrogens (tertiary/aromatic N) is 1. The van der Waals surface area contributed by atoms with Crippen molar-refractivity contribution in [3.63, 3.8) is 0 Å². The molecule has 1 aliphatic carbocycles. The van der Waals surface area contributed by atoms with Gasteiger partial charge >= 0.3 is 0 Å². The average Bonchev–Trinajstić information content (AvgIpc) is 2.83. The molecule has 11 heteroatoms. The Morgan fingerprint density at radius 2 is 1.59 bits per heavy atom. The molecule has 2 aliphatic rings. The van der Waals surface area contributed by atoms with E-state index < -0.39 is 26.0 Å². The van der Waals surface area contributed by atoms with Crippen LogP contribution in [0.25, 0.3) is 0 Å². The Morgan fingerprint density at radius 3 is 2.34 bits per heavy atom. The summed E-state index contributed by atoms with van der Waals surface area (Å²) in [7, 11) is -7.75. The first-order chi connectivity index (χ1) is 15.3. The molecule has 0 radical (unpaired) electrons. The number of ether oxygens (including phenoxy) is 1. The molecule has 2 aromatic carbocycles. The van der Waals surface area contributed by atoms with E-state index in [1.165, 1.54) is 34.6 Å². The number of hydrogen-bond donors (Lipinski definition) is 2. The first kappa shape index (κ1) is 22.9. The number of amides is 1. The van der Waals surface area contributed by atoms with Crippen LogP contribution in [0.15, 0.2) is 52.3 Å². The van der Waals surface area contributed by atoms with Gasteiger partial charge in [0, 0.05) is 18.7 Å². The lowest BCUT2D eigenvalue weighted by atomic mass is 9.92. The van der Waals surface area contributed by atoms with E-state index in [-0.39, 0.29) is 28.4 Å². The third-order valence-electron chi connectivity index (χ3n) is 5.63. The highest BCUT2D eigenvalue weighted by Crippen LogP contribution is 2.24. The fourth-order valence-corrected chi connectivity index (χ4v) is 6.20. The smallest absolute Gasteiger partial charge is 0.266 e. The van der Waals surface area contributed by atoms with Crippen molar-refractivity contribution in [2.24, 2.45) is 0 Å². The van der Waals surface area contributed by atoms with Crippen LogP contribution in [0.4, 0.5) is 0 Å². The van der Waals surface area contributed by atoms with Gasteiger partial charge in [0.25, 0.3) is 15.9 Å². The summed E-state index contributed by atoms with van der Waals surface area (Å²) in [4.78, 5) is 14.7. The molecule has 0 atom stereocenters. The number of aryl methyl sites for hydroxylation is 2. The van der Waals surface area contributed by atoms with E-state index in [4.69, 9.17) is 4.74 Å². The largest absolute Gasteiger partial charge is 0.379 e. The van der Waals surface area contributed by atoms with E-state index in [1.807, 2.05) is 6.07 Å². The van der Waals surface area contributed by atoms with Gasteiger partial charge in [-0.1, -0.05) is 12.1 Å². The van der Waals surface area contributed by atoms with Crippen LogP contribution in [0, 0.1) is 0 Å². The van der Waals surface area contributed by atoms with Gasteiger partial charge in [0.2, 0.25) is 10.0 Å². The minimum Gasteiger partial charge on any atom is -0.379 e. The SMILES string of the molecule is O=C(NNS(=O)(=O)c1ccc2c(c1)CCCC2)c1cccc(S(=O)(=O)N2CCOCC2)c1. The van der Waals surface area contributed by atoms with Crippen LogP contribution >= 0.6 is 0 Å². The van der Waals surface area contributed by atoms with E-state index in [1.54, 1.807) is 6.07 Å². The molecule has 2 aromatic rings. The van der Waals surface area contributed by atoms with Gasteiger partial charge in [-0.3, -0.25) is 10.2 Å². The molecule has 0 unspecified atom stereocenters. The van der Waals surface area contributed by atoms with Crippen molar-refractivity contribution >= 4 is 26.0 Å². The minimum atomic E-state index is -3.97. The molecule has 1 fully saturated rings. The number of morpholine rings is 1. The van der Waals surface area contributed by atoms with Crippen molar-refractivity contribution < 1.29 is 26.4 Å². The molecule has 4 rings (SSSR count). The number of hydrazine groups is 1. The molecule has 0 bridgehead atoms. The quantitative estimate of drug-likeness (QED) is 0.601. The molecule has 9 nitrogen and oxygen atoms in total. The Kier molecular flexibility index (Phi) is 6.63. The molecular formula is C21H25N3O6S2. The number of nitrogens with one attached hydrogen (secondary N) is 2. The number of hydrogen-bond acceptors (Lipinski definition) is 6. The highest BCUT2D eigenvalue weighted by molar-refractivity contribution is 7.89. The molecule has 0 aromatic heterocycles. The lowest BCUT2D eigenvalue weighted by molar-refractivity contribution is 0.0730. The maximum atomic E-state index is 12.8. The maximum absolute atomic E-state index is 12.8. The Balaban J connectivity index is 1.47. The summed E-state index contributed by atoms with van der Waals surface area (Å²) in [6.07, 6.45) is 3.87. The molecular weight excluding hydrogens is 454 g/mol. The highest BCUT2D eigenvalue weighted by Gasteiger charge is 2.27. The van der Waals surface area contributed by atoms with Crippen LogP contribution in [0.2, 0.25) is 0 Å². The van der Waals surface area contributed by atoms with Gasteiger partial charge in [0.1, 0.15) is 0 Å². The summed E-state index contributed by atoms with van der Waals surface area (Å²) in [5.41, 5.74) is 4.35. The molecule has 0 spiro atoms. The average molecular weight is 480 g/mol. The second-order valence-corrected chi connectivity index (χ2v) is 11.4. The summed E-state index contributed by atoms with van der Waals surface area (Å²) in [6, 6.07) is 10.5. The van der Waals surface area contributed by atoms with Crippen LogP contribution in [0.1, 0.15) is 34.3 Å². The van der Waals surface area contributed by atoms with Crippen LogP contribution in [-0.4, -0.2) is 53.4 Å². The summed E-state index contributed by atoms with van der Waals surface area (Å²) in [6.45, 7) is 1.09. The van der Waals surface area contributed by atoms with Crippen molar-refractivity contribution in [3.8, 4) is 0 Å². The number of carbonyl (C=O) groups is 1. The second-order valence-electron chi connectivity index (χ2n) is 7.74. The molecule has 2 N–H and O–H groups in total. The summed E-state index contributed by atoms with van der Waals surface area (Å²) in [5.74, 6) is -0.759. The third-order valence-corrected chi connectivity index (χ3v) is 8.77. The van der Waals surface area contributed by atoms with Crippen molar-refractivity contribution in [2.45, 2.75) is 35.5 Å². The molecule has 172 valence electrons. The summed E-state index contributed by atoms with van der Waals surface area (Å²) in [5, 5.41) is 0. The van der Waals surface area contributed by atoms with E-state index in [9.17, 15) is 21.6 Å². The topological polar surface area (TPSA) is 122 Å². The first-order valence-electron chi connectivity index (χ1n) is 10.4. The highest BCUT2D eigenvalue weighted by atomic mass is 32.2. The lowest BCUT2D eigenvalue weighted by Crippen LogP contribution is -2.42. The van der Waals surface area contributed by atoms with Gasteiger partial charge in [-0.25, -0.2) is 16.8 Å². The molecule has 0 saturated carbocycles. The van der Waals surface area contributed by atoms with Crippen LogP contribution in [0.3, 0.4) is 0 Å². The molecule has 1 saturated heterocycles. The van der Waals surface area contributed by atoms with E-state index in [0.717, 1.165) is 36.8 Å². The summed E-state index contributed by atoms with van der Waals surface area (Å²) < 4.78 is 57.4. The fourth-order valence-electron chi connectivity index (χ4n) is 3.86. The Bertz CT molecular complexity index is 1220. The second kappa shape index (κ2) is 9.28. The van der Waals surface area contributed by atoms with Crippen molar-refractivity contribution in [1.82, 2.24) is 14.6 Å². The van der Waals surface area contributed by atoms with Crippen LogP contribution < -0.4 is 10.3 Å². The van der Waals surface area contributed by atoms with Crippen molar-refractivity contribution in [2.75, 3.05) is 26.3 Å². The molecule has 1 aliphatic heterocycles. The zero-order valence-corrected chi connectivity index (χ0v) is 19.0. The summed E-state index contributed by atoms with van der Waals surface area (Å²) >= 11 is 0. The predicted octanol–water partition coefficient (Wildman–Crippen LogP) is 1.21. The number of sulfonamides is 2. The van der Waals surface area contributed by atoms with Gasteiger partial charge in [-0.05, 0) is 67.1 Å². The molecule has 1 heterocycles. The van der Waals surface area contributed by atoms with Gasteiger partial charge in [0.15, 0.2) is 0 Å². The van der Waals surface area contributed by atoms with E-state index >= 15 is 0 Å². The number of fused-ring (bicyclic) bond motifs is 1. The molecule has 32 heavy (non-hydrogen) atoms. The first-order valence-corrected chi connectivity index (χ1v) is 13.3. The van der Waals surface area contributed by atoms with E-state index in [2.05, 4.69) is 10.3 Å². The Morgan fingerprint density at radius 1 is 0.875 bits per heavy atom. The maximum Gasteiger partial charge on any atom is 0.266 e. The Hall–Kier alpha value is -2.31. The zero-order valence-electron chi connectivity index (χ0n) is 17.4. The number of carbonyl (C=O) groups excluding carboxylic acids is 1. The van der Waals surface area contributed by atoms with Gasteiger partial charge in [-0.15, -0.1) is 4.83 Å². The Labute approximate surface area is 187 Å². The van der Waals surface area contributed by atoms with E-state index in [0.29, 0.717) is 13.2 Å². The van der Waals surface area contributed by atoms with Crippen LogP contribution in [0.5, 0.6) is 0 Å². The monoisotopic (exact) mass is 479 g/mol. The van der Waals surface area contributed by atoms with Crippen molar-refractivity contribution in [1.29, 1.82) is 0 Å². The van der Waals surface area contributed by atoms with Crippen LogP contribution in [-0.2, 0) is 37.6 Å². The minimum absolute atomic E-state index is 0.0208.